The van der Waals surface area contributed by atoms with Crippen LogP contribution in [0.2, 0.25) is 0 Å². The van der Waals surface area contributed by atoms with Gasteiger partial charge in [0.15, 0.2) is 0 Å². The van der Waals surface area contributed by atoms with Crippen LogP contribution in [-0.2, 0) is 0 Å². The van der Waals surface area contributed by atoms with E-state index >= 15 is 0 Å². The quantitative estimate of drug-likeness (QED) is 0.877. The van der Waals surface area contributed by atoms with Crippen LogP contribution in [0.1, 0.15) is 39.0 Å². The Labute approximate surface area is 119 Å². The molecule has 0 aliphatic heterocycles. The predicted molar refractivity (Wildman–Crippen MR) is 77.6 cm³/mol. The molecule has 0 aliphatic carbocycles. The van der Waals surface area contributed by atoms with Crippen LogP contribution in [0.5, 0.6) is 5.75 Å². The summed E-state index contributed by atoms with van der Waals surface area (Å²) < 4.78 is 10.8. The third-order valence-electron chi connectivity index (χ3n) is 3.35. The van der Waals surface area contributed by atoms with Gasteiger partial charge in [-0.1, -0.05) is 31.1 Å². The van der Waals surface area contributed by atoms with Crippen LogP contribution in [0.25, 0.3) is 11.4 Å². The van der Waals surface area contributed by atoms with Gasteiger partial charge in [-0.05, 0) is 25.5 Å². The zero-order valence-corrected chi connectivity index (χ0v) is 12.2. The topological polar surface area (TPSA) is 74.2 Å². The molecule has 0 saturated carbocycles. The van der Waals surface area contributed by atoms with Gasteiger partial charge in [-0.2, -0.15) is 4.98 Å². The zero-order valence-electron chi connectivity index (χ0n) is 12.2. The van der Waals surface area contributed by atoms with Gasteiger partial charge in [0, 0.05) is 11.6 Å². The monoisotopic (exact) mass is 275 g/mol. The highest BCUT2D eigenvalue weighted by molar-refractivity contribution is 5.56. The highest BCUT2D eigenvalue weighted by atomic mass is 16.5. The summed E-state index contributed by atoms with van der Waals surface area (Å²) in [5, 5.41) is 4.03. The van der Waals surface area contributed by atoms with Crippen molar-refractivity contribution in [3.8, 4) is 17.1 Å². The van der Waals surface area contributed by atoms with Gasteiger partial charge in [0.25, 0.3) is 0 Å². The first-order valence-electron chi connectivity index (χ1n) is 6.98. The fourth-order valence-electron chi connectivity index (χ4n) is 1.97. The highest BCUT2D eigenvalue weighted by Gasteiger charge is 2.20. The predicted octanol–water partition coefficient (Wildman–Crippen LogP) is 2.98. The van der Waals surface area contributed by atoms with E-state index < -0.39 is 0 Å². The maximum absolute atomic E-state index is 6.01. The molecule has 2 unspecified atom stereocenters. The average molecular weight is 275 g/mol. The first-order valence-corrected chi connectivity index (χ1v) is 6.98. The number of rotatable bonds is 6. The normalized spacial score (nSPS) is 14.0. The summed E-state index contributed by atoms with van der Waals surface area (Å²) in [4.78, 5) is 4.44. The molecule has 1 aromatic heterocycles. The van der Waals surface area contributed by atoms with Crippen LogP contribution in [0.4, 0.5) is 0 Å². The minimum Gasteiger partial charge on any atom is -0.494 e. The van der Waals surface area contributed by atoms with E-state index in [0.717, 1.165) is 17.7 Å². The minimum atomic E-state index is 0.0260. The molecule has 0 spiro atoms. The number of benzene rings is 1. The lowest BCUT2D eigenvalue weighted by molar-refractivity contribution is 0.339. The van der Waals surface area contributed by atoms with Gasteiger partial charge in [-0.25, -0.2) is 0 Å². The lowest BCUT2D eigenvalue weighted by Crippen LogP contribution is -2.25. The van der Waals surface area contributed by atoms with Crippen LogP contribution in [0, 0.1) is 0 Å². The van der Waals surface area contributed by atoms with E-state index in [1.807, 2.05) is 45.0 Å². The fraction of sp³-hybridized carbons (Fsp3) is 0.467. The molecule has 0 radical (unpaired) electrons. The van der Waals surface area contributed by atoms with Crippen molar-refractivity contribution in [2.45, 2.75) is 39.2 Å². The maximum Gasteiger partial charge on any atom is 0.231 e. The number of ether oxygens (including phenoxy) is 1. The molecule has 5 nitrogen and oxygen atoms in total. The first kappa shape index (κ1) is 14.5. The van der Waals surface area contributed by atoms with Gasteiger partial charge in [0.1, 0.15) is 5.75 Å². The van der Waals surface area contributed by atoms with Crippen LogP contribution in [0.15, 0.2) is 28.8 Å². The van der Waals surface area contributed by atoms with E-state index in [9.17, 15) is 0 Å². The second-order valence-corrected chi connectivity index (χ2v) is 4.78. The van der Waals surface area contributed by atoms with Crippen LogP contribution in [-0.4, -0.2) is 22.8 Å². The largest absolute Gasteiger partial charge is 0.494 e. The van der Waals surface area contributed by atoms with Gasteiger partial charge in [0.05, 0.1) is 12.5 Å². The van der Waals surface area contributed by atoms with Crippen molar-refractivity contribution >= 4 is 0 Å². The van der Waals surface area contributed by atoms with E-state index in [2.05, 4.69) is 10.1 Å². The molecule has 2 aromatic rings. The van der Waals surface area contributed by atoms with Crippen molar-refractivity contribution in [2.75, 3.05) is 6.61 Å². The summed E-state index contributed by atoms with van der Waals surface area (Å²) in [6, 6.07) is 7.68. The van der Waals surface area contributed by atoms with Crippen molar-refractivity contribution in [2.24, 2.45) is 5.73 Å². The lowest BCUT2D eigenvalue weighted by atomic mass is 10.0. The van der Waals surface area contributed by atoms with E-state index in [1.165, 1.54) is 0 Å². The zero-order chi connectivity index (χ0) is 14.5. The lowest BCUT2D eigenvalue weighted by Gasteiger charge is -2.13. The van der Waals surface area contributed by atoms with Crippen molar-refractivity contribution in [1.29, 1.82) is 0 Å². The minimum absolute atomic E-state index is 0.0260. The molecule has 1 heterocycles. The molecule has 2 atom stereocenters. The number of aromatic nitrogens is 2. The summed E-state index contributed by atoms with van der Waals surface area (Å²) in [7, 11) is 0. The molecule has 0 amide bonds. The van der Waals surface area contributed by atoms with Crippen LogP contribution >= 0.6 is 0 Å². The van der Waals surface area contributed by atoms with Crippen LogP contribution < -0.4 is 10.5 Å². The Balaban J connectivity index is 2.22. The number of hydrogen-bond acceptors (Lipinski definition) is 5. The van der Waals surface area contributed by atoms with E-state index in [4.69, 9.17) is 15.0 Å². The number of nitrogens with zero attached hydrogens (tertiary/aromatic N) is 2. The number of nitrogens with two attached hydrogens (primary N) is 1. The Hall–Kier alpha value is -1.88. The second kappa shape index (κ2) is 6.52. The van der Waals surface area contributed by atoms with Gasteiger partial charge >= 0.3 is 0 Å². The Morgan fingerprint density at radius 1 is 1.35 bits per heavy atom. The van der Waals surface area contributed by atoms with E-state index in [0.29, 0.717) is 18.3 Å². The Bertz CT molecular complexity index is 554. The van der Waals surface area contributed by atoms with Crippen LogP contribution in [0.3, 0.4) is 0 Å². The molecule has 20 heavy (non-hydrogen) atoms. The molecule has 0 saturated heterocycles. The van der Waals surface area contributed by atoms with E-state index in [1.54, 1.807) is 0 Å². The van der Waals surface area contributed by atoms with Crippen molar-refractivity contribution in [3.63, 3.8) is 0 Å². The molecule has 108 valence electrons. The number of hydrogen-bond donors (Lipinski definition) is 1. The average Bonchev–Trinajstić information content (AvgIpc) is 2.96. The Morgan fingerprint density at radius 3 is 2.85 bits per heavy atom. The highest BCUT2D eigenvalue weighted by Crippen LogP contribution is 2.24. The summed E-state index contributed by atoms with van der Waals surface area (Å²) in [5.41, 5.74) is 6.89. The summed E-state index contributed by atoms with van der Waals surface area (Å²) >= 11 is 0. The SMILES string of the molecule is CCOc1cccc(-c2noc(C(C)C(N)CC)n2)c1. The molecule has 1 aromatic carbocycles. The Kier molecular flexibility index (Phi) is 4.74. The smallest absolute Gasteiger partial charge is 0.231 e. The molecule has 0 bridgehead atoms. The first-order chi connectivity index (χ1) is 9.65. The molecule has 2 rings (SSSR count). The standard InChI is InChI=1S/C15H21N3O2/c1-4-13(16)10(3)15-17-14(18-20-15)11-7-6-8-12(9-11)19-5-2/h6-10,13H,4-5,16H2,1-3H3. The van der Waals surface area contributed by atoms with Gasteiger partial charge in [0.2, 0.25) is 11.7 Å². The summed E-state index contributed by atoms with van der Waals surface area (Å²) in [6.45, 7) is 6.63. The maximum atomic E-state index is 6.01. The van der Waals surface area contributed by atoms with E-state index in [-0.39, 0.29) is 12.0 Å². The van der Waals surface area contributed by atoms with Gasteiger partial charge in [-0.15, -0.1) is 0 Å². The Morgan fingerprint density at radius 2 is 2.15 bits per heavy atom. The van der Waals surface area contributed by atoms with Crippen molar-refractivity contribution in [1.82, 2.24) is 10.1 Å². The second-order valence-electron chi connectivity index (χ2n) is 4.78. The molecule has 5 heteroatoms. The third kappa shape index (κ3) is 3.17. The molecule has 2 N–H and O–H groups in total. The van der Waals surface area contributed by atoms with Gasteiger partial charge < -0.3 is 15.0 Å². The molecule has 0 aliphatic rings. The molecule has 0 fully saturated rings. The third-order valence-corrected chi connectivity index (χ3v) is 3.35. The summed E-state index contributed by atoms with van der Waals surface area (Å²) in [5.74, 6) is 2.00. The molecular weight excluding hydrogens is 254 g/mol. The summed E-state index contributed by atoms with van der Waals surface area (Å²) in [6.07, 6.45) is 0.874. The van der Waals surface area contributed by atoms with Crippen molar-refractivity contribution in [3.05, 3.63) is 30.2 Å². The fourth-order valence-corrected chi connectivity index (χ4v) is 1.97. The van der Waals surface area contributed by atoms with Gasteiger partial charge in [-0.3, -0.25) is 0 Å². The van der Waals surface area contributed by atoms with Crippen molar-refractivity contribution < 1.29 is 9.26 Å². The molecular formula is C15H21N3O2.